The van der Waals surface area contributed by atoms with Crippen molar-refractivity contribution in [2.45, 2.75) is 13.0 Å². The maximum Gasteiger partial charge on any atom is 0.137 e. The molecule has 0 fully saturated rings. The molecule has 1 aromatic heterocycles. The van der Waals surface area contributed by atoms with Crippen molar-refractivity contribution in [2.24, 2.45) is 0 Å². The first-order valence-electron chi connectivity index (χ1n) is 8.43. The number of benzene rings is 1. The summed E-state index contributed by atoms with van der Waals surface area (Å²) in [6, 6.07) is 5.79. The Hall–Kier alpha value is -1.60. The number of nitrogens with one attached hydrogen (secondary N) is 2. The number of rotatable bonds is 11. The van der Waals surface area contributed by atoms with Gasteiger partial charge in [0.15, 0.2) is 0 Å². The summed E-state index contributed by atoms with van der Waals surface area (Å²) in [4.78, 5) is 2.25. The van der Waals surface area contributed by atoms with Crippen LogP contribution in [0, 0.1) is 0 Å². The van der Waals surface area contributed by atoms with Gasteiger partial charge < -0.3 is 19.7 Å². The first-order valence-corrected chi connectivity index (χ1v) is 8.81. The van der Waals surface area contributed by atoms with E-state index in [1.54, 1.807) is 7.11 Å². The average Bonchev–Trinajstić information content (AvgIpc) is 3.06. The van der Waals surface area contributed by atoms with Crippen molar-refractivity contribution < 1.29 is 9.47 Å². The van der Waals surface area contributed by atoms with Gasteiger partial charge in [-0.2, -0.15) is 5.10 Å². The van der Waals surface area contributed by atoms with Crippen LogP contribution >= 0.6 is 11.6 Å². The fraction of sp³-hybridized carbons (Fsp3) is 0.500. The molecule has 0 atom stereocenters. The largest absolute Gasteiger partial charge is 0.492 e. The lowest BCUT2D eigenvalue weighted by molar-refractivity contribution is 0.172. The second kappa shape index (κ2) is 10.4. The van der Waals surface area contributed by atoms with Crippen LogP contribution in [0.3, 0.4) is 0 Å². The highest BCUT2D eigenvalue weighted by molar-refractivity contribution is 6.32. The molecule has 0 aliphatic rings. The number of aromatic amines is 1. The molecule has 6 nitrogen and oxygen atoms in total. The van der Waals surface area contributed by atoms with Crippen molar-refractivity contribution in [2.75, 3.05) is 47.5 Å². The number of ether oxygens (including phenoxy) is 2. The molecule has 0 bridgehead atoms. The van der Waals surface area contributed by atoms with Crippen LogP contribution in [0.25, 0.3) is 11.3 Å². The average molecular weight is 367 g/mol. The van der Waals surface area contributed by atoms with Crippen molar-refractivity contribution in [1.82, 2.24) is 20.4 Å². The molecule has 0 spiro atoms. The molecule has 138 valence electrons. The number of H-pyrrole nitrogens is 1. The molecule has 1 aromatic carbocycles. The van der Waals surface area contributed by atoms with Crippen LogP contribution in [0.1, 0.15) is 12.0 Å². The van der Waals surface area contributed by atoms with Gasteiger partial charge >= 0.3 is 0 Å². The summed E-state index contributed by atoms with van der Waals surface area (Å²) in [6.45, 7) is 3.99. The Balaban J connectivity index is 2.04. The van der Waals surface area contributed by atoms with Gasteiger partial charge in [-0.05, 0) is 32.3 Å². The minimum absolute atomic E-state index is 0.580. The normalized spacial score (nSPS) is 11.2. The third kappa shape index (κ3) is 6.01. The summed E-state index contributed by atoms with van der Waals surface area (Å²) in [6.07, 6.45) is 2.77. The van der Waals surface area contributed by atoms with E-state index in [1.165, 1.54) is 0 Å². The number of nitrogens with zero attached hydrogens (tertiary/aromatic N) is 2. The molecule has 2 N–H and O–H groups in total. The third-order valence-corrected chi connectivity index (χ3v) is 4.15. The quantitative estimate of drug-likeness (QED) is 0.599. The molecule has 2 aromatic rings. The van der Waals surface area contributed by atoms with Crippen molar-refractivity contribution in [3.63, 3.8) is 0 Å². The number of aromatic nitrogens is 2. The number of likely N-dealkylation sites (N-methyl/N-ethyl adjacent to an activating group) is 2. The minimum Gasteiger partial charge on any atom is -0.492 e. The highest BCUT2D eigenvalue weighted by Crippen LogP contribution is 2.31. The van der Waals surface area contributed by atoms with Crippen LogP contribution < -0.4 is 10.1 Å². The molecule has 0 aliphatic carbocycles. The van der Waals surface area contributed by atoms with E-state index < -0.39 is 0 Å². The van der Waals surface area contributed by atoms with E-state index in [0.29, 0.717) is 24.0 Å². The summed E-state index contributed by atoms with van der Waals surface area (Å²) in [7, 11) is 5.73. The maximum absolute atomic E-state index is 6.37. The predicted molar refractivity (Wildman–Crippen MR) is 101 cm³/mol. The fourth-order valence-corrected chi connectivity index (χ4v) is 2.74. The lowest BCUT2D eigenvalue weighted by Crippen LogP contribution is -2.26. The third-order valence-electron chi connectivity index (χ3n) is 3.86. The van der Waals surface area contributed by atoms with Crippen molar-refractivity contribution in [3.8, 4) is 17.0 Å². The molecule has 0 radical (unpaired) electrons. The molecule has 0 saturated carbocycles. The molecular formula is C18H27ClN4O2. The van der Waals surface area contributed by atoms with Gasteiger partial charge in [0.2, 0.25) is 0 Å². The minimum atomic E-state index is 0.580. The van der Waals surface area contributed by atoms with Crippen LogP contribution in [-0.2, 0) is 11.3 Å². The zero-order chi connectivity index (χ0) is 18.1. The molecule has 25 heavy (non-hydrogen) atoms. The van der Waals surface area contributed by atoms with E-state index in [4.69, 9.17) is 21.1 Å². The van der Waals surface area contributed by atoms with Crippen LogP contribution in [0.5, 0.6) is 5.75 Å². The molecule has 2 rings (SSSR count). The molecule has 0 aliphatic heterocycles. The fourth-order valence-electron chi connectivity index (χ4n) is 2.51. The monoisotopic (exact) mass is 366 g/mol. The Bertz CT molecular complexity index is 648. The SMILES string of the molecule is CNCCN(C)Cc1c[nH]nc1-c1ccc(OCCCOC)c(Cl)c1. The van der Waals surface area contributed by atoms with Crippen LogP contribution in [0.4, 0.5) is 0 Å². The Labute approximate surface area is 154 Å². The lowest BCUT2D eigenvalue weighted by atomic mass is 10.1. The molecule has 1 heterocycles. The van der Waals surface area contributed by atoms with Gasteiger partial charge in [-0.25, -0.2) is 0 Å². The lowest BCUT2D eigenvalue weighted by Gasteiger charge is -2.16. The summed E-state index contributed by atoms with van der Waals surface area (Å²) < 4.78 is 10.7. The topological polar surface area (TPSA) is 62.4 Å². The van der Waals surface area contributed by atoms with Gasteiger partial charge in [0, 0.05) is 57.1 Å². The van der Waals surface area contributed by atoms with Crippen molar-refractivity contribution in [1.29, 1.82) is 0 Å². The molecule has 0 unspecified atom stereocenters. The van der Waals surface area contributed by atoms with Crippen LogP contribution in [-0.4, -0.2) is 62.6 Å². The molecular weight excluding hydrogens is 340 g/mol. The van der Waals surface area contributed by atoms with E-state index in [9.17, 15) is 0 Å². The highest BCUT2D eigenvalue weighted by Gasteiger charge is 2.12. The first kappa shape index (κ1) is 19.7. The van der Waals surface area contributed by atoms with Crippen molar-refractivity contribution in [3.05, 3.63) is 35.0 Å². The van der Waals surface area contributed by atoms with Gasteiger partial charge in [-0.15, -0.1) is 0 Å². The molecule has 7 heteroatoms. The van der Waals surface area contributed by atoms with Gasteiger partial charge in [0.25, 0.3) is 0 Å². The Morgan fingerprint density at radius 2 is 2.16 bits per heavy atom. The smallest absolute Gasteiger partial charge is 0.137 e. The molecule has 0 saturated heterocycles. The van der Waals surface area contributed by atoms with Gasteiger partial charge in [-0.1, -0.05) is 11.6 Å². The van der Waals surface area contributed by atoms with E-state index in [0.717, 1.165) is 42.9 Å². The van der Waals surface area contributed by atoms with E-state index in [-0.39, 0.29) is 0 Å². The second-order valence-corrected chi connectivity index (χ2v) is 6.35. The summed E-state index contributed by atoms with van der Waals surface area (Å²) in [5, 5.41) is 11.1. The number of hydrogen-bond donors (Lipinski definition) is 2. The first-order chi connectivity index (χ1) is 12.2. The van der Waals surface area contributed by atoms with Gasteiger partial charge in [0.1, 0.15) is 5.75 Å². The van der Waals surface area contributed by atoms with Gasteiger partial charge in [-0.3, -0.25) is 5.10 Å². The van der Waals surface area contributed by atoms with E-state index in [2.05, 4.69) is 27.5 Å². The Morgan fingerprint density at radius 1 is 1.32 bits per heavy atom. The zero-order valence-electron chi connectivity index (χ0n) is 15.1. The van der Waals surface area contributed by atoms with E-state index in [1.807, 2.05) is 31.4 Å². The van der Waals surface area contributed by atoms with Gasteiger partial charge in [0.05, 0.1) is 17.3 Å². The summed E-state index contributed by atoms with van der Waals surface area (Å²) in [5.41, 5.74) is 3.04. The highest BCUT2D eigenvalue weighted by atomic mass is 35.5. The second-order valence-electron chi connectivity index (χ2n) is 5.94. The van der Waals surface area contributed by atoms with Crippen LogP contribution in [0.2, 0.25) is 5.02 Å². The number of methoxy groups -OCH3 is 1. The zero-order valence-corrected chi connectivity index (χ0v) is 15.9. The molecule has 0 amide bonds. The maximum atomic E-state index is 6.37. The van der Waals surface area contributed by atoms with E-state index >= 15 is 0 Å². The summed E-state index contributed by atoms with van der Waals surface area (Å²) in [5.74, 6) is 0.685. The Morgan fingerprint density at radius 3 is 2.88 bits per heavy atom. The number of hydrogen-bond acceptors (Lipinski definition) is 5. The summed E-state index contributed by atoms with van der Waals surface area (Å²) >= 11 is 6.37. The Kier molecular flexibility index (Phi) is 8.21. The van der Waals surface area contributed by atoms with Crippen LogP contribution in [0.15, 0.2) is 24.4 Å². The standard InChI is InChI=1S/C18H27ClN4O2/c1-20-7-8-23(2)13-15-12-21-22-18(15)14-5-6-17(16(19)11-14)25-10-4-9-24-3/h5-6,11-12,20H,4,7-10,13H2,1-3H3,(H,21,22). The predicted octanol–water partition coefficient (Wildman–Crippen LogP) is 2.80. The van der Waals surface area contributed by atoms with Crippen molar-refractivity contribution >= 4 is 11.6 Å². The number of halogens is 1.